The summed E-state index contributed by atoms with van der Waals surface area (Å²) >= 11 is 0. The van der Waals surface area contributed by atoms with E-state index in [-0.39, 0.29) is 5.92 Å². The molecule has 1 atom stereocenters. The number of carbonyl (C=O) groups is 1. The molecule has 3 aromatic rings. The number of imidazole rings is 1. The average molecular weight is 307 g/mol. The second kappa shape index (κ2) is 6.46. The fourth-order valence-corrected chi connectivity index (χ4v) is 2.44. The van der Waals surface area contributed by atoms with E-state index in [1.807, 2.05) is 48.5 Å². The van der Waals surface area contributed by atoms with Gasteiger partial charge >= 0.3 is 0 Å². The molecular weight excluding hydrogens is 290 g/mol. The smallest absolute Gasteiger partial charge is 0.267 e. The highest BCUT2D eigenvalue weighted by Gasteiger charge is 2.12. The van der Waals surface area contributed by atoms with Crippen molar-refractivity contribution in [2.45, 2.75) is 12.8 Å². The van der Waals surface area contributed by atoms with E-state index >= 15 is 0 Å². The summed E-state index contributed by atoms with van der Waals surface area (Å²) in [7, 11) is 0. The summed E-state index contributed by atoms with van der Waals surface area (Å²) in [6.07, 6.45) is 2.92. The zero-order chi connectivity index (χ0) is 16.2. The van der Waals surface area contributed by atoms with Gasteiger partial charge in [0.05, 0.1) is 11.0 Å². The van der Waals surface area contributed by atoms with Crippen LogP contribution in [0, 0.1) is 0 Å². The lowest BCUT2D eigenvalue weighted by atomic mass is 9.99. The number of hydroxylamine groups is 1. The van der Waals surface area contributed by atoms with E-state index in [4.69, 9.17) is 5.21 Å². The number of aromatic amines is 1. The number of para-hydroxylation sites is 2. The van der Waals surface area contributed by atoms with Gasteiger partial charge in [-0.1, -0.05) is 43.3 Å². The number of carbonyl (C=O) groups excluding carboxylic acids is 1. The van der Waals surface area contributed by atoms with Crippen molar-refractivity contribution in [2.75, 3.05) is 0 Å². The third kappa shape index (κ3) is 3.30. The second-order valence-electron chi connectivity index (χ2n) is 5.34. The summed E-state index contributed by atoms with van der Waals surface area (Å²) in [5, 5.41) is 8.45. The number of nitrogens with one attached hydrogen (secondary N) is 2. The van der Waals surface area contributed by atoms with Crippen LogP contribution in [-0.2, 0) is 4.79 Å². The van der Waals surface area contributed by atoms with E-state index in [0.29, 0.717) is 0 Å². The van der Waals surface area contributed by atoms with E-state index < -0.39 is 5.91 Å². The number of hydrogen-bond donors (Lipinski definition) is 3. The van der Waals surface area contributed by atoms with Gasteiger partial charge in [0.1, 0.15) is 5.82 Å². The normalized spacial score (nSPS) is 12.6. The Bertz CT molecular complexity index is 817. The van der Waals surface area contributed by atoms with Gasteiger partial charge in [-0.15, -0.1) is 0 Å². The average Bonchev–Trinajstić information content (AvgIpc) is 3.03. The molecule has 1 heterocycles. The van der Waals surface area contributed by atoms with Crippen LogP contribution >= 0.6 is 0 Å². The van der Waals surface area contributed by atoms with Crippen molar-refractivity contribution in [2.24, 2.45) is 0 Å². The SMILES string of the molecule is C[C@@H](c1ccc(/C=C/C(=O)NO)cc1)c1nc2ccccc2[nH]1. The molecule has 0 saturated heterocycles. The first kappa shape index (κ1) is 15.0. The van der Waals surface area contributed by atoms with Gasteiger partial charge in [-0.2, -0.15) is 0 Å². The van der Waals surface area contributed by atoms with Crippen LogP contribution in [0.1, 0.15) is 29.8 Å². The summed E-state index contributed by atoms with van der Waals surface area (Å²) in [6, 6.07) is 15.8. The van der Waals surface area contributed by atoms with E-state index in [1.54, 1.807) is 11.6 Å². The predicted octanol–water partition coefficient (Wildman–Crippen LogP) is 3.23. The Balaban J connectivity index is 1.80. The number of H-pyrrole nitrogens is 1. The molecule has 0 aliphatic carbocycles. The molecule has 23 heavy (non-hydrogen) atoms. The standard InChI is InChI=1S/C18H17N3O2/c1-12(18-19-15-4-2-3-5-16(15)20-18)14-9-6-13(7-10-14)8-11-17(22)21-23/h2-12,23H,1H3,(H,19,20)(H,21,22)/b11-8+/t12-/m0/s1. The van der Waals surface area contributed by atoms with Gasteiger partial charge in [-0.05, 0) is 29.3 Å². The molecule has 0 aliphatic heterocycles. The Morgan fingerprint density at radius 3 is 2.65 bits per heavy atom. The molecule has 0 saturated carbocycles. The second-order valence-corrected chi connectivity index (χ2v) is 5.34. The van der Waals surface area contributed by atoms with Gasteiger partial charge < -0.3 is 4.98 Å². The molecule has 0 aliphatic rings. The summed E-state index contributed by atoms with van der Waals surface area (Å²) in [6.45, 7) is 2.10. The Labute approximate surface area is 133 Å². The number of amides is 1. The number of aromatic nitrogens is 2. The van der Waals surface area contributed by atoms with Crippen LogP contribution in [0.3, 0.4) is 0 Å². The molecule has 116 valence electrons. The minimum Gasteiger partial charge on any atom is -0.341 e. The first-order valence-corrected chi connectivity index (χ1v) is 7.34. The van der Waals surface area contributed by atoms with Crippen LogP contribution in [0.5, 0.6) is 0 Å². The van der Waals surface area contributed by atoms with E-state index in [9.17, 15) is 4.79 Å². The quantitative estimate of drug-likeness (QED) is 0.393. The lowest BCUT2D eigenvalue weighted by Gasteiger charge is -2.09. The molecule has 0 spiro atoms. The molecule has 5 heteroatoms. The maximum atomic E-state index is 11.0. The minimum atomic E-state index is -0.551. The van der Waals surface area contributed by atoms with Crippen molar-refractivity contribution in [3.63, 3.8) is 0 Å². The highest BCUT2D eigenvalue weighted by atomic mass is 16.5. The monoisotopic (exact) mass is 307 g/mol. The number of rotatable bonds is 4. The summed E-state index contributed by atoms with van der Waals surface area (Å²) in [4.78, 5) is 19.0. The molecule has 1 aromatic heterocycles. The first-order chi connectivity index (χ1) is 11.2. The number of nitrogens with zero attached hydrogens (tertiary/aromatic N) is 1. The van der Waals surface area contributed by atoms with Crippen molar-refractivity contribution in [1.82, 2.24) is 15.4 Å². The zero-order valence-corrected chi connectivity index (χ0v) is 12.7. The Morgan fingerprint density at radius 1 is 1.22 bits per heavy atom. The maximum absolute atomic E-state index is 11.0. The largest absolute Gasteiger partial charge is 0.341 e. The summed E-state index contributed by atoms with van der Waals surface area (Å²) in [5.41, 5.74) is 5.57. The minimum absolute atomic E-state index is 0.140. The van der Waals surface area contributed by atoms with Crippen LogP contribution in [0.15, 0.2) is 54.6 Å². The first-order valence-electron chi connectivity index (χ1n) is 7.34. The highest BCUT2D eigenvalue weighted by molar-refractivity contribution is 5.90. The highest BCUT2D eigenvalue weighted by Crippen LogP contribution is 2.24. The number of benzene rings is 2. The van der Waals surface area contributed by atoms with E-state index in [2.05, 4.69) is 16.9 Å². The summed E-state index contributed by atoms with van der Waals surface area (Å²) < 4.78 is 0. The predicted molar refractivity (Wildman–Crippen MR) is 89.0 cm³/mol. The lowest BCUT2D eigenvalue weighted by molar-refractivity contribution is -0.124. The van der Waals surface area contributed by atoms with Crippen LogP contribution in [-0.4, -0.2) is 21.1 Å². The van der Waals surface area contributed by atoms with E-state index in [0.717, 1.165) is 28.0 Å². The van der Waals surface area contributed by atoms with Crippen molar-refractivity contribution in [3.8, 4) is 0 Å². The summed E-state index contributed by atoms with van der Waals surface area (Å²) in [5.74, 6) is 0.514. The van der Waals surface area contributed by atoms with Gasteiger partial charge in [-0.3, -0.25) is 10.0 Å². The fraction of sp³-hybridized carbons (Fsp3) is 0.111. The third-order valence-electron chi connectivity index (χ3n) is 3.79. The Morgan fingerprint density at radius 2 is 1.96 bits per heavy atom. The molecule has 0 bridgehead atoms. The molecule has 3 rings (SSSR count). The molecule has 0 radical (unpaired) electrons. The molecule has 5 nitrogen and oxygen atoms in total. The Kier molecular flexibility index (Phi) is 4.21. The van der Waals surface area contributed by atoms with Crippen molar-refractivity contribution >= 4 is 23.0 Å². The molecular formula is C18H17N3O2. The van der Waals surface area contributed by atoms with Crippen molar-refractivity contribution in [3.05, 3.63) is 71.6 Å². The molecule has 1 amide bonds. The number of hydrogen-bond acceptors (Lipinski definition) is 3. The van der Waals surface area contributed by atoms with Gasteiger partial charge in [0.25, 0.3) is 5.91 Å². The molecule has 2 aromatic carbocycles. The maximum Gasteiger partial charge on any atom is 0.267 e. The van der Waals surface area contributed by atoms with Gasteiger partial charge in [0.15, 0.2) is 0 Å². The van der Waals surface area contributed by atoms with Crippen LogP contribution in [0.4, 0.5) is 0 Å². The van der Waals surface area contributed by atoms with Crippen LogP contribution < -0.4 is 5.48 Å². The van der Waals surface area contributed by atoms with Crippen molar-refractivity contribution < 1.29 is 10.0 Å². The topological polar surface area (TPSA) is 78.0 Å². The number of fused-ring (bicyclic) bond motifs is 1. The van der Waals surface area contributed by atoms with Crippen molar-refractivity contribution in [1.29, 1.82) is 0 Å². The Hall–Kier alpha value is -2.92. The van der Waals surface area contributed by atoms with E-state index in [1.165, 1.54) is 6.08 Å². The van der Waals surface area contributed by atoms with Gasteiger partial charge in [-0.25, -0.2) is 10.5 Å². The zero-order valence-electron chi connectivity index (χ0n) is 12.7. The molecule has 3 N–H and O–H groups in total. The van der Waals surface area contributed by atoms with Crippen LogP contribution in [0.2, 0.25) is 0 Å². The van der Waals surface area contributed by atoms with Crippen LogP contribution in [0.25, 0.3) is 17.1 Å². The third-order valence-corrected chi connectivity index (χ3v) is 3.79. The molecule has 0 unspecified atom stereocenters. The van der Waals surface area contributed by atoms with Gasteiger partial charge in [0, 0.05) is 12.0 Å². The molecule has 0 fully saturated rings. The van der Waals surface area contributed by atoms with Gasteiger partial charge in [0.2, 0.25) is 0 Å². The lowest BCUT2D eigenvalue weighted by Crippen LogP contribution is -2.14. The fourth-order valence-electron chi connectivity index (χ4n) is 2.44.